The van der Waals surface area contributed by atoms with Crippen LogP contribution in [0.5, 0.6) is 0 Å². The molecular formula is C17H15NO3S2. The number of nitrogens with zero attached hydrogens (tertiary/aromatic N) is 1. The molecule has 23 heavy (non-hydrogen) atoms. The van der Waals surface area contributed by atoms with Gasteiger partial charge in [-0.25, -0.2) is 0 Å². The first-order valence-corrected chi connectivity index (χ1v) is 9.33. The lowest BCUT2D eigenvalue weighted by Gasteiger charge is -2.30. The molecule has 1 aromatic carbocycles. The van der Waals surface area contributed by atoms with Gasteiger partial charge in [-0.3, -0.25) is 9.59 Å². The van der Waals surface area contributed by atoms with Crippen LogP contribution in [0.3, 0.4) is 0 Å². The largest absolute Gasteiger partial charge is 0.457 e. The van der Waals surface area contributed by atoms with Gasteiger partial charge in [0, 0.05) is 28.7 Å². The van der Waals surface area contributed by atoms with Gasteiger partial charge in [0.15, 0.2) is 0 Å². The fraction of sp³-hybridized carbons (Fsp3) is 0.294. The smallest absolute Gasteiger partial charge is 0.303 e. The Kier molecular flexibility index (Phi) is 3.66. The number of amides is 1. The molecule has 0 saturated heterocycles. The molecule has 118 valence electrons. The molecule has 6 heteroatoms. The summed E-state index contributed by atoms with van der Waals surface area (Å²) in [4.78, 5) is 27.2. The number of carbonyl (C=O) groups excluding carboxylic acids is 2. The molecule has 1 aromatic heterocycles. The van der Waals surface area contributed by atoms with Crippen LogP contribution in [0, 0.1) is 0 Å². The molecule has 0 saturated carbocycles. The summed E-state index contributed by atoms with van der Waals surface area (Å²) in [5.41, 5.74) is 2.87. The minimum absolute atomic E-state index is 0.00740. The second-order valence-electron chi connectivity index (χ2n) is 5.60. The zero-order valence-corrected chi connectivity index (χ0v) is 14.2. The van der Waals surface area contributed by atoms with Gasteiger partial charge in [0.1, 0.15) is 11.5 Å². The van der Waals surface area contributed by atoms with Crippen molar-refractivity contribution >= 4 is 35.0 Å². The van der Waals surface area contributed by atoms with Crippen molar-refractivity contribution in [1.29, 1.82) is 0 Å². The molecule has 0 bridgehead atoms. The van der Waals surface area contributed by atoms with Crippen molar-refractivity contribution in [3.05, 3.63) is 57.3 Å². The molecule has 2 aliphatic heterocycles. The van der Waals surface area contributed by atoms with E-state index in [2.05, 4.69) is 0 Å². The number of benzene rings is 1. The first kappa shape index (κ1) is 14.8. The topological polar surface area (TPSA) is 46.6 Å². The maximum Gasteiger partial charge on any atom is 0.303 e. The van der Waals surface area contributed by atoms with E-state index >= 15 is 0 Å². The third-order valence-electron chi connectivity index (χ3n) is 4.16. The minimum Gasteiger partial charge on any atom is -0.457 e. The summed E-state index contributed by atoms with van der Waals surface area (Å²) in [6, 6.07) is 9.78. The van der Waals surface area contributed by atoms with Crippen molar-refractivity contribution in [1.82, 2.24) is 4.90 Å². The van der Waals surface area contributed by atoms with Gasteiger partial charge in [-0.05, 0) is 23.1 Å². The standard InChI is InChI=1S/C17H15NO3S2/c1-10(19)21-14-9-23-17-12-5-3-2-4-11(12)16(20)18(17)8-15-13(14)6-7-22-15/h2-7,14,17H,8-9H2,1H3/t14-,17+/m0/s1. The highest BCUT2D eigenvalue weighted by atomic mass is 32.2. The molecule has 0 N–H and O–H groups in total. The van der Waals surface area contributed by atoms with Gasteiger partial charge in [-0.15, -0.1) is 23.1 Å². The van der Waals surface area contributed by atoms with Crippen molar-refractivity contribution in [2.24, 2.45) is 0 Å². The van der Waals surface area contributed by atoms with Crippen LogP contribution < -0.4 is 0 Å². The number of fused-ring (bicyclic) bond motifs is 4. The van der Waals surface area contributed by atoms with Crippen LogP contribution in [0.15, 0.2) is 35.7 Å². The molecule has 2 aromatic rings. The predicted octanol–water partition coefficient (Wildman–Crippen LogP) is 3.75. The van der Waals surface area contributed by atoms with Crippen LogP contribution in [-0.2, 0) is 16.1 Å². The van der Waals surface area contributed by atoms with Crippen molar-refractivity contribution in [3.8, 4) is 0 Å². The fourth-order valence-corrected chi connectivity index (χ4v) is 5.43. The maximum atomic E-state index is 12.7. The Bertz CT molecular complexity index is 786. The number of rotatable bonds is 1. The quantitative estimate of drug-likeness (QED) is 0.739. The van der Waals surface area contributed by atoms with E-state index in [-0.39, 0.29) is 23.4 Å². The zero-order chi connectivity index (χ0) is 16.0. The van der Waals surface area contributed by atoms with E-state index in [0.717, 1.165) is 21.6 Å². The molecule has 1 amide bonds. The lowest BCUT2D eigenvalue weighted by molar-refractivity contribution is -0.145. The SMILES string of the molecule is CC(=O)O[C@H]1CS[C@@H]2c3ccccc3C(=O)N2Cc2sccc21. The lowest BCUT2D eigenvalue weighted by atomic mass is 10.1. The molecule has 4 nitrogen and oxygen atoms in total. The van der Waals surface area contributed by atoms with Crippen molar-refractivity contribution < 1.29 is 14.3 Å². The van der Waals surface area contributed by atoms with Crippen LogP contribution in [-0.4, -0.2) is 22.5 Å². The average molecular weight is 345 g/mol. The van der Waals surface area contributed by atoms with Crippen LogP contribution in [0.4, 0.5) is 0 Å². The molecule has 2 atom stereocenters. The second kappa shape index (κ2) is 5.69. The highest BCUT2D eigenvalue weighted by Gasteiger charge is 2.39. The Morgan fingerprint density at radius 3 is 2.91 bits per heavy atom. The predicted molar refractivity (Wildman–Crippen MR) is 90.3 cm³/mol. The van der Waals surface area contributed by atoms with Gasteiger partial charge in [-0.1, -0.05) is 18.2 Å². The summed E-state index contributed by atoms with van der Waals surface area (Å²) in [5, 5.41) is 1.99. The Morgan fingerprint density at radius 1 is 1.26 bits per heavy atom. The van der Waals surface area contributed by atoms with E-state index in [1.54, 1.807) is 23.1 Å². The van der Waals surface area contributed by atoms with Gasteiger partial charge < -0.3 is 9.64 Å². The summed E-state index contributed by atoms with van der Waals surface area (Å²) in [5.74, 6) is 0.461. The molecule has 3 heterocycles. The third-order valence-corrected chi connectivity index (χ3v) is 6.40. The molecule has 0 spiro atoms. The number of esters is 1. The summed E-state index contributed by atoms with van der Waals surface area (Å²) >= 11 is 3.28. The van der Waals surface area contributed by atoms with Crippen molar-refractivity contribution in [2.75, 3.05) is 5.75 Å². The fourth-order valence-electron chi connectivity index (χ4n) is 3.16. The first-order chi connectivity index (χ1) is 11.1. The zero-order valence-electron chi connectivity index (χ0n) is 12.5. The number of thiophene rings is 1. The lowest BCUT2D eigenvalue weighted by Crippen LogP contribution is -2.29. The summed E-state index contributed by atoms with van der Waals surface area (Å²) in [6.45, 7) is 2.01. The second-order valence-corrected chi connectivity index (χ2v) is 7.72. The van der Waals surface area contributed by atoms with Crippen LogP contribution in [0.25, 0.3) is 0 Å². The highest BCUT2D eigenvalue weighted by molar-refractivity contribution is 7.99. The Hall–Kier alpha value is -1.79. The minimum atomic E-state index is -0.270. The molecule has 0 aliphatic carbocycles. The summed E-state index contributed by atoms with van der Waals surface area (Å²) in [6.07, 6.45) is -0.247. The Labute approximate surface area is 142 Å². The number of carbonyl (C=O) groups is 2. The van der Waals surface area contributed by atoms with Crippen LogP contribution >= 0.6 is 23.1 Å². The number of hydrogen-bond donors (Lipinski definition) is 0. The number of ether oxygens (including phenoxy) is 1. The van der Waals surface area contributed by atoms with E-state index in [0.29, 0.717) is 12.3 Å². The van der Waals surface area contributed by atoms with E-state index in [4.69, 9.17) is 4.74 Å². The molecule has 0 fully saturated rings. The van der Waals surface area contributed by atoms with Gasteiger partial charge in [0.05, 0.1) is 6.54 Å². The number of thioether (sulfide) groups is 1. The van der Waals surface area contributed by atoms with Gasteiger partial charge in [0.2, 0.25) is 0 Å². The average Bonchev–Trinajstić information content (AvgIpc) is 3.07. The normalized spacial score (nSPS) is 22.7. The molecule has 0 unspecified atom stereocenters. The van der Waals surface area contributed by atoms with E-state index in [1.807, 2.05) is 40.6 Å². The van der Waals surface area contributed by atoms with E-state index < -0.39 is 0 Å². The summed E-state index contributed by atoms with van der Waals surface area (Å²) < 4.78 is 5.52. The Morgan fingerprint density at radius 2 is 2.09 bits per heavy atom. The van der Waals surface area contributed by atoms with E-state index in [1.165, 1.54) is 6.92 Å². The monoisotopic (exact) mass is 345 g/mol. The maximum absolute atomic E-state index is 12.7. The Balaban J connectivity index is 1.74. The highest BCUT2D eigenvalue weighted by Crippen LogP contribution is 2.46. The van der Waals surface area contributed by atoms with E-state index in [9.17, 15) is 9.59 Å². The molecular weight excluding hydrogens is 330 g/mol. The molecule has 2 aliphatic rings. The van der Waals surface area contributed by atoms with Gasteiger partial charge in [0.25, 0.3) is 5.91 Å². The van der Waals surface area contributed by atoms with Crippen molar-refractivity contribution in [2.45, 2.75) is 24.9 Å². The van der Waals surface area contributed by atoms with Crippen molar-refractivity contribution in [3.63, 3.8) is 0 Å². The van der Waals surface area contributed by atoms with Crippen LogP contribution in [0.1, 0.15) is 44.8 Å². The van der Waals surface area contributed by atoms with Crippen LogP contribution in [0.2, 0.25) is 0 Å². The van der Waals surface area contributed by atoms with Gasteiger partial charge in [-0.2, -0.15) is 0 Å². The first-order valence-electron chi connectivity index (χ1n) is 7.40. The van der Waals surface area contributed by atoms with Gasteiger partial charge >= 0.3 is 5.97 Å². The molecule has 0 radical (unpaired) electrons. The number of hydrogen-bond acceptors (Lipinski definition) is 5. The molecule has 4 rings (SSSR count). The third kappa shape index (κ3) is 2.46. The summed E-state index contributed by atoms with van der Waals surface area (Å²) in [7, 11) is 0.